The van der Waals surface area contributed by atoms with E-state index in [9.17, 15) is 4.39 Å². The van der Waals surface area contributed by atoms with Gasteiger partial charge >= 0.3 is 0 Å². The molecular formula is C16H19FN2O. The molecule has 0 fully saturated rings. The van der Waals surface area contributed by atoms with Crippen molar-refractivity contribution >= 4 is 0 Å². The zero-order valence-electron chi connectivity index (χ0n) is 12.0. The average molecular weight is 274 g/mol. The van der Waals surface area contributed by atoms with Crippen LogP contribution >= 0.6 is 0 Å². The highest BCUT2D eigenvalue weighted by Crippen LogP contribution is 2.27. The standard InChI is InChI=1S/C16H19FN2O/c1-4-18-11(2)12-5-6-15(17)14(9-12)13-7-8-19-16(10-13)20-3/h5-11,18H,4H2,1-3H3. The summed E-state index contributed by atoms with van der Waals surface area (Å²) in [6.07, 6.45) is 1.62. The van der Waals surface area contributed by atoms with Gasteiger partial charge in [-0.1, -0.05) is 13.0 Å². The van der Waals surface area contributed by atoms with Crippen LogP contribution in [-0.4, -0.2) is 18.6 Å². The first kappa shape index (κ1) is 14.5. The van der Waals surface area contributed by atoms with Gasteiger partial charge in [0.05, 0.1) is 7.11 Å². The van der Waals surface area contributed by atoms with E-state index in [1.165, 1.54) is 6.07 Å². The third-order valence-electron chi connectivity index (χ3n) is 3.26. The predicted molar refractivity (Wildman–Crippen MR) is 78.3 cm³/mol. The second-order valence-corrected chi connectivity index (χ2v) is 4.61. The van der Waals surface area contributed by atoms with Crippen molar-refractivity contribution < 1.29 is 9.13 Å². The second-order valence-electron chi connectivity index (χ2n) is 4.61. The van der Waals surface area contributed by atoms with E-state index in [1.54, 1.807) is 25.4 Å². The quantitative estimate of drug-likeness (QED) is 0.905. The van der Waals surface area contributed by atoms with Crippen LogP contribution in [0.5, 0.6) is 5.88 Å². The van der Waals surface area contributed by atoms with Gasteiger partial charge < -0.3 is 10.1 Å². The third-order valence-corrected chi connectivity index (χ3v) is 3.26. The van der Waals surface area contributed by atoms with Crippen molar-refractivity contribution in [3.05, 3.63) is 47.9 Å². The molecule has 2 aromatic rings. The maximum atomic E-state index is 14.1. The number of pyridine rings is 1. The van der Waals surface area contributed by atoms with Crippen molar-refractivity contribution in [2.45, 2.75) is 19.9 Å². The van der Waals surface area contributed by atoms with Crippen LogP contribution in [0, 0.1) is 5.82 Å². The third kappa shape index (κ3) is 3.14. The molecule has 0 spiro atoms. The molecule has 4 heteroatoms. The van der Waals surface area contributed by atoms with Gasteiger partial charge in [0.2, 0.25) is 5.88 Å². The summed E-state index contributed by atoms with van der Waals surface area (Å²) in [5, 5.41) is 3.32. The number of hydrogen-bond acceptors (Lipinski definition) is 3. The molecule has 0 radical (unpaired) electrons. The molecule has 1 atom stereocenters. The predicted octanol–water partition coefficient (Wildman–Crippen LogP) is 3.57. The van der Waals surface area contributed by atoms with Crippen LogP contribution in [0.1, 0.15) is 25.5 Å². The molecule has 0 saturated carbocycles. The Hall–Kier alpha value is -1.94. The van der Waals surface area contributed by atoms with Crippen LogP contribution < -0.4 is 10.1 Å². The highest BCUT2D eigenvalue weighted by atomic mass is 19.1. The van der Waals surface area contributed by atoms with Gasteiger partial charge in [0, 0.05) is 23.9 Å². The molecule has 2 rings (SSSR count). The van der Waals surface area contributed by atoms with E-state index in [2.05, 4.69) is 24.1 Å². The molecule has 1 aromatic heterocycles. The van der Waals surface area contributed by atoms with Gasteiger partial charge in [0.25, 0.3) is 0 Å². The van der Waals surface area contributed by atoms with Crippen LogP contribution in [0.3, 0.4) is 0 Å². The summed E-state index contributed by atoms with van der Waals surface area (Å²) in [5.74, 6) is 0.234. The fourth-order valence-corrected chi connectivity index (χ4v) is 2.15. The first-order valence-corrected chi connectivity index (χ1v) is 6.69. The van der Waals surface area contributed by atoms with E-state index >= 15 is 0 Å². The zero-order chi connectivity index (χ0) is 14.5. The number of aromatic nitrogens is 1. The number of benzene rings is 1. The first-order chi connectivity index (χ1) is 9.65. The van der Waals surface area contributed by atoms with Crippen molar-refractivity contribution in [3.63, 3.8) is 0 Å². The SMILES string of the molecule is CCNC(C)c1ccc(F)c(-c2ccnc(OC)c2)c1. The maximum Gasteiger partial charge on any atom is 0.213 e. The van der Waals surface area contributed by atoms with Crippen molar-refractivity contribution in [1.82, 2.24) is 10.3 Å². The largest absolute Gasteiger partial charge is 0.481 e. The topological polar surface area (TPSA) is 34.2 Å². The lowest BCUT2D eigenvalue weighted by atomic mass is 10.00. The molecule has 0 aliphatic rings. The van der Waals surface area contributed by atoms with Crippen LogP contribution in [0.15, 0.2) is 36.5 Å². The number of halogens is 1. The van der Waals surface area contributed by atoms with E-state index in [1.807, 2.05) is 12.1 Å². The smallest absolute Gasteiger partial charge is 0.213 e. The molecule has 1 N–H and O–H groups in total. The molecule has 1 heterocycles. The van der Waals surface area contributed by atoms with Crippen LogP contribution in [0.4, 0.5) is 4.39 Å². The lowest BCUT2D eigenvalue weighted by Crippen LogP contribution is -2.17. The van der Waals surface area contributed by atoms with E-state index in [0.29, 0.717) is 11.4 Å². The van der Waals surface area contributed by atoms with Gasteiger partial charge in [-0.25, -0.2) is 9.37 Å². The van der Waals surface area contributed by atoms with Crippen molar-refractivity contribution in [3.8, 4) is 17.0 Å². The number of methoxy groups -OCH3 is 1. The molecule has 106 valence electrons. The van der Waals surface area contributed by atoms with Crippen LogP contribution in [-0.2, 0) is 0 Å². The van der Waals surface area contributed by atoms with E-state index < -0.39 is 0 Å². The normalized spacial score (nSPS) is 12.2. The number of rotatable bonds is 5. The Morgan fingerprint density at radius 3 is 2.80 bits per heavy atom. The number of hydrogen-bond donors (Lipinski definition) is 1. The van der Waals surface area contributed by atoms with E-state index in [0.717, 1.165) is 17.7 Å². The monoisotopic (exact) mass is 274 g/mol. The summed E-state index contributed by atoms with van der Waals surface area (Å²) in [4.78, 5) is 4.04. The van der Waals surface area contributed by atoms with Gasteiger partial charge in [-0.3, -0.25) is 0 Å². The Morgan fingerprint density at radius 1 is 1.30 bits per heavy atom. The van der Waals surface area contributed by atoms with E-state index in [4.69, 9.17) is 4.74 Å². The fraction of sp³-hybridized carbons (Fsp3) is 0.312. The Kier molecular flexibility index (Phi) is 4.69. The zero-order valence-corrected chi connectivity index (χ0v) is 12.0. The van der Waals surface area contributed by atoms with Crippen molar-refractivity contribution in [1.29, 1.82) is 0 Å². The fourth-order valence-electron chi connectivity index (χ4n) is 2.15. The Balaban J connectivity index is 2.41. The van der Waals surface area contributed by atoms with Gasteiger partial charge in [0.15, 0.2) is 0 Å². The number of ether oxygens (including phenoxy) is 1. The molecule has 0 saturated heterocycles. The Morgan fingerprint density at radius 2 is 2.10 bits per heavy atom. The summed E-state index contributed by atoms with van der Waals surface area (Å²) in [6, 6.07) is 8.89. The van der Waals surface area contributed by atoms with E-state index in [-0.39, 0.29) is 11.9 Å². The summed E-state index contributed by atoms with van der Waals surface area (Å²) in [5.41, 5.74) is 2.38. The minimum absolute atomic E-state index is 0.183. The molecule has 3 nitrogen and oxygen atoms in total. The minimum Gasteiger partial charge on any atom is -0.481 e. The van der Waals surface area contributed by atoms with Gasteiger partial charge in [-0.15, -0.1) is 0 Å². The lowest BCUT2D eigenvalue weighted by molar-refractivity contribution is 0.398. The number of nitrogens with zero attached hydrogens (tertiary/aromatic N) is 1. The highest BCUT2D eigenvalue weighted by Gasteiger charge is 2.11. The summed E-state index contributed by atoms with van der Waals surface area (Å²) < 4.78 is 19.1. The molecule has 0 bridgehead atoms. The summed E-state index contributed by atoms with van der Waals surface area (Å²) in [7, 11) is 1.55. The van der Waals surface area contributed by atoms with Gasteiger partial charge in [0.1, 0.15) is 5.82 Å². The molecule has 1 unspecified atom stereocenters. The molecule has 1 aromatic carbocycles. The Labute approximate surface area is 118 Å². The van der Waals surface area contributed by atoms with Crippen molar-refractivity contribution in [2.75, 3.05) is 13.7 Å². The second kappa shape index (κ2) is 6.48. The van der Waals surface area contributed by atoms with Gasteiger partial charge in [-0.05, 0) is 42.8 Å². The van der Waals surface area contributed by atoms with Crippen molar-refractivity contribution in [2.24, 2.45) is 0 Å². The van der Waals surface area contributed by atoms with Gasteiger partial charge in [-0.2, -0.15) is 0 Å². The lowest BCUT2D eigenvalue weighted by Gasteiger charge is -2.14. The molecule has 0 aliphatic carbocycles. The first-order valence-electron chi connectivity index (χ1n) is 6.69. The molecule has 20 heavy (non-hydrogen) atoms. The summed E-state index contributed by atoms with van der Waals surface area (Å²) in [6.45, 7) is 4.99. The number of nitrogens with one attached hydrogen (secondary N) is 1. The summed E-state index contributed by atoms with van der Waals surface area (Å²) >= 11 is 0. The average Bonchev–Trinajstić information content (AvgIpc) is 2.48. The highest BCUT2D eigenvalue weighted by molar-refractivity contribution is 5.65. The molecule has 0 amide bonds. The minimum atomic E-state index is -0.245. The molecule has 0 aliphatic heterocycles. The maximum absolute atomic E-state index is 14.1. The Bertz CT molecular complexity index is 586. The molecular weight excluding hydrogens is 255 g/mol. The van der Waals surface area contributed by atoms with Crippen LogP contribution in [0.2, 0.25) is 0 Å². The van der Waals surface area contributed by atoms with Crippen LogP contribution in [0.25, 0.3) is 11.1 Å².